The van der Waals surface area contributed by atoms with Gasteiger partial charge in [-0.25, -0.2) is 5.90 Å². The molecule has 0 radical (unpaired) electrons. The number of carbonyl (C=O) groups excluding carboxylic acids is 2. The summed E-state index contributed by atoms with van der Waals surface area (Å²) in [7, 11) is 14.2. The summed E-state index contributed by atoms with van der Waals surface area (Å²) >= 11 is 3.05. The Morgan fingerprint density at radius 3 is 1.35 bits per heavy atom. The fraction of sp³-hybridized carbons (Fsp3) is 0.853. The number of halogens is 2. The van der Waals surface area contributed by atoms with Crippen LogP contribution in [0.2, 0.25) is 0 Å². The Balaban J connectivity index is -0.000000228. The van der Waals surface area contributed by atoms with Crippen LogP contribution in [0.5, 0.6) is 0 Å². The van der Waals surface area contributed by atoms with E-state index in [1.54, 1.807) is 64.8 Å². The van der Waals surface area contributed by atoms with Crippen LogP contribution in [0.15, 0.2) is 0 Å². The Labute approximate surface area is 392 Å². The molecule has 0 aliphatic carbocycles. The lowest BCUT2D eigenvalue weighted by atomic mass is 9.94. The van der Waals surface area contributed by atoms with Crippen molar-refractivity contribution in [3.05, 3.63) is 0 Å². The van der Waals surface area contributed by atoms with Gasteiger partial charge in [-0.05, 0) is 84.0 Å². The molecule has 8 N–H and O–H groups in total. The van der Waals surface area contributed by atoms with Crippen LogP contribution in [0.3, 0.4) is 0 Å². The molecule has 57 heavy (non-hydrogen) atoms. The molecule has 0 spiro atoms. The SMILES string of the molecule is CSSC.CSSC.CSSC.F.NO.O=C(O)CCCCCCCCCCCCCCC(=O)C[C@@H](CCC(=O)NCCCC[C@H](NP)C(=O)O)C(=O)O.[3H]SSI. The van der Waals surface area contributed by atoms with Crippen LogP contribution < -0.4 is 16.3 Å². The van der Waals surface area contributed by atoms with Gasteiger partial charge in [-0.1, -0.05) is 138 Å². The highest BCUT2D eigenvalue weighted by molar-refractivity contribution is 14.2. The van der Waals surface area contributed by atoms with Gasteiger partial charge in [0.05, 0.1) is 5.92 Å². The highest BCUT2D eigenvalue weighted by Crippen LogP contribution is 2.17. The zero-order chi connectivity index (χ0) is 45.0. The van der Waals surface area contributed by atoms with Gasteiger partial charge in [0, 0.05) is 53.4 Å². The molecule has 12 nitrogen and oxygen atoms in total. The third-order valence-corrected chi connectivity index (χ3v) is 11.8. The maximum absolute atomic E-state index is 12.3. The van der Waals surface area contributed by atoms with E-state index in [0.717, 1.165) is 62.9 Å². The number of carboxylic acid groups (broad SMARTS) is 3. The average Bonchev–Trinajstić information content (AvgIpc) is 3.21. The first kappa shape index (κ1) is 70.0. The van der Waals surface area contributed by atoms with E-state index in [1.807, 2.05) is 21.2 Å². The summed E-state index contributed by atoms with van der Waals surface area (Å²) in [5.41, 5.74) is 0. The first-order valence-electron chi connectivity index (χ1n) is 18.5. The van der Waals surface area contributed by atoms with E-state index < -0.39 is 29.9 Å². The van der Waals surface area contributed by atoms with Crippen molar-refractivity contribution in [2.75, 3.05) is 44.1 Å². The Bertz CT molecular complexity index is 878. The fourth-order valence-electron chi connectivity index (χ4n) is 4.43. The van der Waals surface area contributed by atoms with Gasteiger partial charge in [-0.15, -0.1) is 11.6 Å². The highest BCUT2D eigenvalue weighted by Gasteiger charge is 2.22. The molecule has 0 fully saturated rings. The first-order chi connectivity index (χ1) is 27.3. The number of carboxylic acids is 3. The topological polar surface area (TPSA) is 216 Å². The van der Waals surface area contributed by atoms with Crippen molar-refractivity contribution in [2.45, 2.75) is 134 Å². The number of hydrogen-bond donors (Lipinski definition) is 8. The lowest BCUT2D eigenvalue weighted by molar-refractivity contribution is -0.144. The van der Waals surface area contributed by atoms with Crippen molar-refractivity contribution in [2.24, 2.45) is 11.8 Å². The number of nitrogens with one attached hydrogen (secondary N) is 2. The summed E-state index contributed by atoms with van der Waals surface area (Å²) in [5, 5.41) is 38.9. The largest absolute Gasteiger partial charge is 0.481 e. The number of rotatable bonds is 32. The van der Waals surface area contributed by atoms with Gasteiger partial charge in [-0.3, -0.25) is 33.8 Å². The number of thiol groups is 1. The Kier molecular flexibility index (Phi) is 81.6. The summed E-state index contributed by atoms with van der Waals surface area (Å²) in [5.74, 6) is -0.383. The number of amides is 1. The van der Waals surface area contributed by atoms with E-state index >= 15 is 0 Å². The van der Waals surface area contributed by atoms with E-state index in [9.17, 15) is 29.1 Å². The predicted molar refractivity (Wildman–Crippen MR) is 274 cm³/mol. The highest BCUT2D eigenvalue weighted by atomic mass is 127. The monoisotopic (exact) mass is 1100 g/mol. The summed E-state index contributed by atoms with van der Waals surface area (Å²) in [6.45, 7) is 0.398. The average molecular weight is 1100 g/mol. The molecule has 346 valence electrons. The molecule has 0 aliphatic heterocycles. The second-order valence-corrected chi connectivity index (χ2v) is 23.5. The Hall–Kier alpha value is 1.32. The van der Waals surface area contributed by atoms with Crippen LogP contribution in [-0.2, 0) is 24.0 Å². The number of nitrogens with two attached hydrogens (primary N) is 1. The van der Waals surface area contributed by atoms with E-state index in [0.29, 0.717) is 32.2 Å². The molecule has 0 saturated heterocycles. The van der Waals surface area contributed by atoms with Crippen molar-refractivity contribution in [1.82, 2.24) is 10.4 Å². The van der Waals surface area contributed by atoms with E-state index in [4.69, 9.17) is 16.5 Å². The molecular weight excluding hydrogens is 1030 g/mol. The molecule has 1 amide bonds. The van der Waals surface area contributed by atoms with Crippen LogP contribution in [0.1, 0.15) is 128 Å². The molecule has 0 saturated carbocycles. The summed E-state index contributed by atoms with van der Waals surface area (Å²) < 4.78 is 6.32. The van der Waals surface area contributed by atoms with Gasteiger partial charge < -0.3 is 25.8 Å². The van der Waals surface area contributed by atoms with Crippen molar-refractivity contribution in [3.8, 4) is 0 Å². The molecule has 0 aromatic rings. The molecule has 1 unspecified atom stereocenters. The number of unbranched alkanes of at least 4 members (excludes halogenated alkanes) is 12. The third-order valence-electron chi connectivity index (χ3n) is 7.38. The predicted octanol–water partition coefficient (Wildman–Crippen LogP) is 11.4. The summed E-state index contributed by atoms with van der Waals surface area (Å²) in [4.78, 5) is 57.2. The minimum Gasteiger partial charge on any atom is -0.481 e. The maximum Gasteiger partial charge on any atom is 0.320 e. The number of Topliss-reactive ketones (excluding diaryl/α,β-unsaturated/α-hetero) is 1. The molecule has 23 heteroatoms. The van der Waals surface area contributed by atoms with Crippen LogP contribution in [0.25, 0.3) is 0 Å². The molecule has 0 rings (SSSR count). The zero-order valence-corrected chi connectivity index (χ0v) is 44.4. The maximum atomic E-state index is 12.3. The van der Waals surface area contributed by atoms with Gasteiger partial charge in [0.25, 0.3) is 0 Å². The van der Waals surface area contributed by atoms with Gasteiger partial charge in [-0.2, -0.15) is 0 Å². The van der Waals surface area contributed by atoms with Gasteiger partial charge >= 0.3 is 17.9 Å². The smallest absolute Gasteiger partial charge is 0.320 e. The van der Waals surface area contributed by atoms with Crippen LogP contribution in [-0.4, -0.2) is 101 Å². The Morgan fingerprint density at radius 2 is 1.04 bits per heavy atom. The van der Waals surface area contributed by atoms with E-state index in [2.05, 4.69) is 63.2 Å². The van der Waals surface area contributed by atoms with Crippen LogP contribution in [0, 0.1) is 5.92 Å². The van der Waals surface area contributed by atoms with Gasteiger partial charge in [0.2, 0.25) is 5.91 Å². The molecule has 0 aromatic heterocycles. The van der Waals surface area contributed by atoms with Crippen molar-refractivity contribution < 1.29 is 49.2 Å². The summed E-state index contributed by atoms with van der Waals surface area (Å²) in [6.07, 6.45) is 27.5. The molecule has 0 aromatic carbocycles. The molecule has 0 aliphatic rings. The number of aliphatic carboxylic acids is 3. The minimum absolute atomic E-state index is 0. The lowest BCUT2D eigenvalue weighted by Crippen LogP contribution is -2.30. The van der Waals surface area contributed by atoms with Gasteiger partial charge in [0.15, 0.2) is 0 Å². The second kappa shape index (κ2) is 66.4. The normalized spacial score (nSPS) is 10.8. The standard InChI is InChI=1S/C28H51N2O8P.3C2H6S2.FH.HIS2.H3NO/c31-23(15-11-9-7-5-3-1-2-4-6-8-10-12-17-26(33)34)21-22(27(35)36)18-19-25(32)29-20-14-13-16-24(30-39)28(37)38;3*1-3-4-2;;1-3-2;1-2/h22,24,30H,1-21,39H2,(H,29,32)(H,33,34)(H,35,36)(H,37,38);3*1-2H3;1H;2H;2H,1H2/t22-,24+;;;;;;/m1....../s1/i/hT. The van der Waals surface area contributed by atoms with Crippen molar-refractivity contribution >= 4 is 144 Å². The summed E-state index contributed by atoms with van der Waals surface area (Å²) in [6, 6.07) is -0.643. The van der Waals surface area contributed by atoms with Crippen LogP contribution in [0.4, 0.5) is 4.70 Å². The van der Waals surface area contributed by atoms with Crippen molar-refractivity contribution in [3.63, 3.8) is 0 Å². The molecule has 0 heterocycles. The fourth-order valence-corrected chi connectivity index (χ4v) is 4.74. The van der Waals surface area contributed by atoms with E-state index in [1.165, 1.54) is 33.6 Å². The molecule has 0 bridgehead atoms. The van der Waals surface area contributed by atoms with Gasteiger partial charge in [0.1, 0.15) is 12.9 Å². The quantitative estimate of drug-likeness (QED) is 0.00785. The molecular formula is C34H74FIN3O9PS8. The number of hydrogen-bond acceptors (Lipinski definition) is 16. The molecule has 3 atom stereocenters. The minimum atomic E-state index is -1.05. The van der Waals surface area contributed by atoms with Crippen LogP contribution >= 0.6 is 115 Å². The zero-order valence-electron chi connectivity index (χ0n) is 35.5. The second-order valence-electron chi connectivity index (χ2n) is 11.4. The van der Waals surface area contributed by atoms with Crippen molar-refractivity contribution in [1.29, 1.82) is 1.12 Å². The number of carbonyl (C=O) groups is 5. The first-order valence-corrected chi connectivity index (χ1v) is 31.9. The number of ketones is 1. The lowest BCUT2D eigenvalue weighted by Gasteiger charge is -2.12. The van der Waals surface area contributed by atoms with E-state index in [-0.39, 0.29) is 42.1 Å². The Morgan fingerprint density at radius 1 is 0.649 bits per heavy atom. The third kappa shape index (κ3) is 75.1.